The molecule has 0 unspecified atom stereocenters. The highest BCUT2D eigenvalue weighted by Crippen LogP contribution is 2.39. The van der Waals surface area contributed by atoms with Crippen molar-refractivity contribution in [2.24, 2.45) is 0 Å². The SMILES string of the molecule is N#Cc1cccc(N2C(=O)CC[C@H]2C(=O)N(c2cccc3cn[nH]c23)[C@H](C(=O)NC2CCC(F)(F)CC2)c2ccccc2Cl)c1. The number of anilines is 2. The molecular weight excluding hydrogens is 602 g/mol. The quantitative estimate of drug-likeness (QED) is 0.257. The van der Waals surface area contributed by atoms with Crippen molar-refractivity contribution in [1.82, 2.24) is 15.5 Å². The molecule has 45 heavy (non-hydrogen) atoms. The summed E-state index contributed by atoms with van der Waals surface area (Å²) in [6, 6.07) is 17.5. The number of aromatic amines is 1. The van der Waals surface area contributed by atoms with Gasteiger partial charge in [-0.25, -0.2) is 8.78 Å². The third-order valence-electron chi connectivity index (χ3n) is 8.47. The van der Waals surface area contributed by atoms with Gasteiger partial charge in [-0.15, -0.1) is 0 Å². The Kier molecular flexibility index (Phi) is 8.25. The van der Waals surface area contributed by atoms with Crippen LogP contribution in [-0.4, -0.2) is 45.9 Å². The van der Waals surface area contributed by atoms with Crippen LogP contribution in [0.15, 0.2) is 72.9 Å². The fraction of sp³-hybridized carbons (Fsp3) is 0.303. The van der Waals surface area contributed by atoms with Crippen molar-refractivity contribution in [2.75, 3.05) is 9.80 Å². The highest BCUT2D eigenvalue weighted by Gasteiger charge is 2.45. The molecular formula is C33H29ClF2N6O3. The molecule has 2 heterocycles. The molecule has 9 nitrogen and oxygen atoms in total. The van der Waals surface area contributed by atoms with Gasteiger partial charge >= 0.3 is 0 Å². The molecule has 1 aliphatic heterocycles. The van der Waals surface area contributed by atoms with Gasteiger partial charge in [-0.1, -0.05) is 48.0 Å². The number of nitriles is 1. The van der Waals surface area contributed by atoms with Crippen molar-refractivity contribution in [1.29, 1.82) is 5.26 Å². The van der Waals surface area contributed by atoms with Crippen LogP contribution in [-0.2, 0) is 14.4 Å². The van der Waals surface area contributed by atoms with Crippen LogP contribution in [0.1, 0.15) is 55.7 Å². The number of fused-ring (bicyclic) bond motifs is 1. The molecule has 6 rings (SSSR count). The average molecular weight is 631 g/mol. The maximum absolute atomic E-state index is 14.9. The van der Waals surface area contributed by atoms with Crippen LogP contribution in [0.5, 0.6) is 0 Å². The third-order valence-corrected chi connectivity index (χ3v) is 8.82. The van der Waals surface area contributed by atoms with Gasteiger partial charge in [-0.3, -0.25) is 29.3 Å². The summed E-state index contributed by atoms with van der Waals surface area (Å²) in [4.78, 5) is 45.2. The molecule has 3 amide bonds. The number of alkyl halides is 2. The van der Waals surface area contributed by atoms with Crippen molar-refractivity contribution < 1.29 is 23.2 Å². The molecule has 0 spiro atoms. The predicted octanol–water partition coefficient (Wildman–Crippen LogP) is 6.05. The van der Waals surface area contributed by atoms with Gasteiger partial charge in [-0.05, 0) is 49.6 Å². The molecule has 1 aliphatic carbocycles. The molecule has 1 saturated carbocycles. The number of rotatable bonds is 7. The van der Waals surface area contributed by atoms with Crippen LogP contribution in [0.25, 0.3) is 10.9 Å². The number of carbonyl (C=O) groups is 3. The second-order valence-electron chi connectivity index (χ2n) is 11.4. The lowest BCUT2D eigenvalue weighted by Gasteiger charge is -2.37. The number of halogens is 3. The van der Waals surface area contributed by atoms with Crippen LogP contribution in [0, 0.1) is 11.3 Å². The van der Waals surface area contributed by atoms with Gasteiger partial charge in [-0.2, -0.15) is 10.4 Å². The van der Waals surface area contributed by atoms with Gasteiger partial charge in [0, 0.05) is 47.0 Å². The minimum absolute atomic E-state index is 0.0779. The fourth-order valence-corrected chi connectivity index (χ4v) is 6.46. The zero-order valence-corrected chi connectivity index (χ0v) is 24.8. The van der Waals surface area contributed by atoms with Gasteiger partial charge in [0.25, 0.3) is 5.91 Å². The molecule has 1 saturated heterocycles. The Morgan fingerprint density at radius 3 is 2.60 bits per heavy atom. The molecule has 2 atom stereocenters. The van der Waals surface area contributed by atoms with Crippen LogP contribution >= 0.6 is 11.6 Å². The van der Waals surface area contributed by atoms with Gasteiger partial charge in [0.1, 0.15) is 12.1 Å². The summed E-state index contributed by atoms with van der Waals surface area (Å²) in [5, 5.41) is 20.4. The summed E-state index contributed by atoms with van der Waals surface area (Å²) in [7, 11) is 0. The highest BCUT2D eigenvalue weighted by molar-refractivity contribution is 6.32. The minimum Gasteiger partial charge on any atom is -0.351 e. The van der Waals surface area contributed by atoms with E-state index in [4.69, 9.17) is 11.6 Å². The average Bonchev–Trinajstić information content (AvgIpc) is 3.68. The lowest BCUT2D eigenvalue weighted by atomic mass is 9.91. The summed E-state index contributed by atoms with van der Waals surface area (Å²) in [5.74, 6) is -4.24. The Morgan fingerprint density at radius 1 is 1.09 bits per heavy atom. The molecule has 3 aromatic carbocycles. The van der Waals surface area contributed by atoms with Crippen molar-refractivity contribution in [3.8, 4) is 6.07 Å². The van der Waals surface area contributed by atoms with E-state index in [1.165, 1.54) is 9.80 Å². The van der Waals surface area contributed by atoms with E-state index >= 15 is 0 Å². The number of H-pyrrole nitrogens is 1. The zero-order chi connectivity index (χ0) is 31.7. The lowest BCUT2D eigenvalue weighted by Crippen LogP contribution is -2.53. The minimum atomic E-state index is -2.79. The summed E-state index contributed by atoms with van der Waals surface area (Å²) in [6.45, 7) is 0. The summed E-state index contributed by atoms with van der Waals surface area (Å²) in [5.41, 5.74) is 1.84. The zero-order valence-electron chi connectivity index (χ0n) is 24.1. The molecule has 0 radical (unpaired) electrons. The van der Waals surface area contributed by atoms with E-state index in [1.54, 1.807) is 72.9 Å². The van der Waals surface area contributed by atoms with Gasteiger partial charge in [0.05, 0.1) is 29.0 Å². The Hall–Kier alpha value is -4.82. The summed E-state index contributed by atoms with van der Waals surface area (Å²) >= 11 is 6.68. The Bertz CT molecular complexity index is 1810. The fourth-order valence-electron chi connectivity index (χ4n) is 6.23. The van der Waals surface area contributed by atoms with Gasteiger partial charge in [0.2, 0.25) is 17.7 Å². The van der Waals surface area contributed by atoms with Gasteiger partial charge < -0.3 is 5.32 Å². The van der Waals surface area contributed by atoms with E-state index in [0.29, 0.717) is 33.4 Å². The standard InChI is InChI=1S/C33H29ClF2N6O3/c34-25-9-2-1-8-24(25)30(31(44)39-22-13-15-33(35,36)16-14-22)42(26-10-4-6-21-19-38-40-29(21)26)32(45)27-11-12-28(43)41(27)23-7-3-5-20(17-23)18-37/h1-10,17,19,22,27,30H,11-16H2,(H,38,40)(H,39,44)/t27-,30-/m0/s1. The first-order valence-corrected chi connectivity index (χ1v) is 15.0. The van der Waals surface area contributed by atoms with Crippen LogP contribution in [0.4, 0.5) is 20.2 Å². The van der Waals surface area contributed by atoms with Gasteiger partial charge in [0.15, 0.2) is 0 Å². The number of nitrogens with one attached hydrogen (secondary N) is 2. The van der Waals surface area contributed by atoms with E-state index in [2.05, 4.69) is 21.6 Å². The topological polar surface area (TPSA) is 122 Å². The molecule has 12 heteroatoms. The molecule has 2 fully saturated rings. The number of nitrogens with zero attached hydrogens (tertiary/aromatic N) is 4. The van der Waals surface area contributed by atoms with Crippen molar-refractivity contribution in [3.05, 3.63) is 89.1 Å². The first-order valence-electron chi connectivity index (χ1n) is 14.7. The predicted molar refractivity (Wildman–Crippen MR) is 165 cm³/mol. The smallest absolute Gasteiger partial charge is 0.251 e. The monoisotopic (exact) mass is 630 g/mol. The van der Waals surface area contributed by atoms with Crippen molar-refractivity contribution >= 4 is 51.6 Å². The Morgan fingerprint density at radius 2 is 1.84 bits per heavy atom. The highest BCUT2D eigenvalue weighted by atomic mass is 35.5. The number of amides is 3. The third kappa shape index (κ3) is 5.98. The van der Waals surface area contributed by atoms with Crippen molar-refractivity contribution in [3.63, 3.8) is 0 Å². The van der Waals surface area contributed by atoms with E-state index in [0.717, 1.165) is 0 Å². The molecule has 4 aromatic rings. The van der Waals surface area contributed by atoms with E-state index in [-0.39, 0.29) is 49.5 Å². The largest absolute Gasteiger partial charge is 0.351 e. The second kappa shape index (κ2) is 12.3. The van der Waals surface area contributed by atoms with E-state index in [1.807, 2.05) is 0 Å². The van der Waals surface area contributed by atoms with Crippen LogP contribution < -0.4 is 15.1 Å². The number of aromatic nitrogens is 2. The Labute approximate surface area is 262 Å². The first-order chi connectivity index (χ1) is 21.7. The number of benzene rings is 3. The summed E-state index contributed by atoms with van der Waals surface area (Å²) < 4.78 is 27.9. The Balaban J connectivity index is 1.48. The molecule has 1 aromatic heterocycles. The normalized spacial score (nSPS) is 18.8. The molecule has 2 N–H and O–H groups in total. The molecule has 230 valence electrons. The second-order valence-corrected chi connectivity index (χ2v) is 11.8. The van der Waals surface area contributed by atoms with Crippen LogP contribution in [0.2, 0.25) is 5.02 Å². The number of hydrogen-bond acceptors (Lipinski definition) is 5. The van der Waals surface area contributed by atoms with E-state index in [9.17, 15) is 28.4 Å². The van der Waals surface area contributed by atoms with E-state index < -0.39 is 35.9 Å². The number of para-hydroxylation sites is 1. The molecule has 0 bridgehead atoms. The number of hydrogen-bond donors (Lipinski definition) is 2. The summed E-state index contributed by atoms with van der Waals surface area (Å²) in [6.07, 6.45) is 1.29. The lowest BCUT2D eigenvalue weighted by molar-refractivity contribution is -0.128. The maximum atomic E-state index is 14.9. The first kappa shape index (κ1) is 30.2. The van der Waals surface area contributed by atoms with Crippen molar-refractivity contribution in [2.45, 2.75) is 62.6 Å². The van der Waals surface area contributed by atoms with Crippen LogP contribution in [0.3, 0.4) is 0 Å². The maximum Gasteiger partial charge on any atom is 0.251 e. The number of carbonyl (C=O) groups excluding carboxylic acids is 3. The molecule has 2 aliphatic rings.